The van der Waals surface area contributed by atoms with Crippen LogP contribution in [-0.2, 0) is 6.54 Å². The zero-order valence-electron chi connectivity index (χ0n) is 10.2. The van der Waals surface area contributed by atoms with Crippen LogP contribution in [0.15, 0.2) is 11.0 Å². The second kappa shape index (κ2) is 5.92. The van der Waals surface area contributed by atoms with Gasteiger partial charge in [-0.2, -0.15) is 5.10 Å². The molecule has 0 amide bonds. The van der Waals surface area contributed by atoms with Crippen molar-refractivity contribution in [1.29, 1.82) is 0 Å². The molecule has 18 heavy (non-hydrogen) atoms. The average Bonchev–Trinajstić information content (AvgIpc) is 2.86. The highest BCUT2D eigenvalue weighted by molar-refractivity contribution is 6.32. The summed E-state index contributed by atoms with van der Waals surface area (Å²) >= 11 is 6.00. The predicted molar refractivity (Wildman–Crippen MR) is 72.8 cm³/mol. The number of hydrogen-bond acceptors (Lipinski definition) is 3. The quantitative estimate of drug-likeness (QED) is 0.849. The first-order valence-electron chi connectivity index (χ1n) is 6.15. The fourth-order valence-corrected chi connectivity index (χ4v) is 2.48. The van der Waals surface area contributed by atoms with Gasteiger partial charge in [0.15, 0.2) is 0 Å². The van der Waals surface area contributed by atoms with Gasteiger partial charge in [-0.05, 0) is 18.8 Å². The molecule has 1 N–H and O–H groups in total. The summed E-state index contributed by atoms with van der Waals surface area (Å²) in [6, 6.07) is 0. The van der Waals surface area contributed by atoms with Gasteiger partial charge in [0.05, 0.1) is 11.2 Å². The molecule has 0 spiro atoms. The molecule has 2 rings (SSSR count). The molecule has 0 bridgehead atoms. The highest BCUT2D eigenvalue weighted by Crippen LogP contribution is 2.25. The zero-order valence-corrected chi connectivity index (χ0v) is 10.9. The predicted octanol–water partition coefficient (Wildman–Crippen LogP) is 2.13. The number of halogens is 1. The molecule has 0 aromatic carbocycles. The monoisotopic (exact) mass is 265 g/mol. The van der Waals surface area contributed by atoms with Crippen LogP contribution in [-0.4, -0.2) is 16.3 Å². The highest BCUT2D eigenvalue weighted by Gasteiger charge is 2.16. The number of terminal acetylenes is 1. The summed E-state index contributed by atoms with van der Waals surface area (Å²) in [5.74, 6) is 3.03. The Labute approximate surface area is 111 Å². The van der Waals surface area contributed by atoms with Gasteiger partial charge in [-0.25, -0.2) is 4.68 Å². The van der Waals surface area contributed by atoms with Gasteiger partial charge in [0.25, 0.3) is 5.56 Å². The number of aromatic nitrogens is 2. The van der Waals surface area contributed by atoms with Crippen LogP contribution in [0.5, 0.6) is 0 Å². The fraction of sp³-hybridized carbons (Fsp3) is 0.538. The van der Waals surface area contributed by atoms with Crippen LogP contribution in [0.4, 0.5) is 5.69 Å². The maximum atomic E-state index is 12.0. The van der Waals surface area contributed by atoms with E-state index in [1.54, 1.807) is 0 Å². The Morgan fingerprint density at radius 2 is 2.28 bits per heavy atom. The van der Waals surface area contributed by atoms with Crippen molar-refractivity contribution in [2.45, 2.75) is 32.2 Å². The lowest BCUT2D eigenvalue weighted by Gasteiger charge is -2.13. The summed E-state index contributed by atoms with van der Waals surface area (Å²) in [6.45, 7) is 0.948. The average molecular weight is 266 g/mol. The second-order valence-electron chi connectivity index (χ2n) is 4.57. The molecule has 1 aliphatic rings. The summed E-state index contributed by atoms with van der Waals surface area (Å²) in [4.78, 5) is 12.0. The summed E-state index contributed by atoms with van der Waals surface area (Å²) in [5, 5.41) is 7.40. The Morgan fingerprint density at radius 3 is 2.94 bits per heavy atom. The molecular weight excluding hydrogens is 250 g/mol. The first kappa shape index (κ1) is 13.0. The second-order valence-corrected chi connectivity index (χ2v) is 4.97. The van der Waals surface area contributed by atoms with Crippen molar-refractivity contribution >= 4 is 17.3 Å². The van der Waals surface area contributed by atoms with Gasteiger partial charge >= 0.3 is 0 Å². The van der Waals surface area contributed by atoms with Crippen molar-refractivity contribution in [3.05, 3.63) is 21.6 Å². The van der Waals surface area contributed by atoms with E-state index < -0.39 is 0 Å². The lowest BCUT2D eigenvalue weighted by Crippen LogP contribution is -2.27. The van der Waals surface area contributed by atoms with E-state index in [1.807, 2.05) is 0 Å². The van der Waals surface area contributed by atoms with Crippen molar-refractivity contribution in [3.8, 4) is 12.3 Å². The van der Waals surface area contributed by atoms with Crippen molar-refractivity contribution in [3.63, 3.8) is 0 Å². The lowest BCUT2D eigenvalue weighted by molar-refractivity contribution is 0.577. The molecule has 1 aliphatic carbocycles. The Balaban J connectivity index is 2.13. The van der Waals surface area contributed by atoms with Gasteiger partial charge in [-0.3, -0.25) is 4.79 Å². The van der Waals surface area contributed by atoms with Gasteiger partial charge in [0.2, 0.25) is 0 Å². The minimum Gasteiger partial charge on any atom is -0.379 e. The van der Waals surface area contributed by atoms with E-state index in [0.29, 0.717) is 16.6 Å². The van der Waals surface area contributed by atoms with Crippen LogP contribution >= 0.6 is 11.6 Å². The number of anilines is 1. The van der Waals surface area contributed by atoms with Crippen molar-refractivity contribution in [2.75, 3.05) is 11.9 Å². The Bertz CT molecular complexity index is 512. The van der Waals surface area contributed by atoms with E-state index >= 15 is 0 Å². The molecule has 0 radical (unpaired) electrons. The Morgan fingerprint density at radius 1 is 1.56 bits per heavy atom. The lowest BCUT2D eigenvalue weighted by atomic mass is 10.1. The molecule has 5 heteroatoms. The van der Waals surface area contributed by atoms with Crippen LogP contribution in [0.25, 0.3) is 0 Å². The third-order valence-corrected chi connectivity index (χ3v) is 3.57. The van der Waals surface area contributed by atoms with E-state index in [1.165, 1.54) is 36.6 Å². The summed E-state index contributed by atoms with van der Waals surface area (Å²) < 4.78 is 1.24. The number of hydrogen-bond donors (Lipinski definition) is 1. The van der Waals surface area contributed by atoms with E-state index in [-0.39, 0.29) is 12.1 Å². The smallest absolute Gasteiger partial charge is 0.292 e. The van der Waals surface area contributed by atoms with Crippen LogP contribution in [0.3, 0.4) is 0 Å². The molecular formula is C13H16ClN3O. The first-order valence-corrected chi connectivity index (χ1v) is 6.53. The molecule has 1 aromatic rings. The highest BCUT2D eigenvalue weighted by atomic mass is 35.5. The molecule has 1 saturated carbocycles. The summed E-state index contributed by atoms with van der Waals surface area (Å²) in [6.07, 6.45) is 11.6. The Kier molecular flexibility index (Phi) is 4.27. The molecule has 4 nitrogen and oxygen atoms in total. The Hall–Kier alpha value is -1.47. The minimum absolute atomic E-state index is 0.161. The van der Waals surface area contributed by atoms with Crippen molar-refractivity contribution < 1.29 is 0 Å². The summed E-state index contributed by atoms with van der Waals surface area (Å²) in [5.41, 5.74) is 0.160. The van der Waals surface area contributed by atoms with Crippen molar-refractivity contribution in [1.82, 2.24) is 9.78 Å². The van der Waals surface area contributed by atoms with Gasteiger partial charge in [0.1, 0.15) is 12.2 Å². The number of nitrogens with one attached hydrogen (secondary N) is 1. The van der Waals surface area contributed by atoms with Gasteiger partial charge in [-0.15, -0.1) is 6.42 Å². The van der Waals surface area contributed by atoms with E-state index in [4.69, 9.17) is 18.0 Å². The third kappa shape index (κ3) is 2.85. The molecule has 1 aromatic heterocycles. The summed E-state index contributed by atoms with van der Waals surface area (Å²) in [7, 11) is 0. The third-order valence-electron chi connectivity index (χ3n) is 3.28. The van der Waals surface area contributed by atoms with Gasteiger partial charge in [0, 0.05) is 6.54 Å². The number of nitrogens with zero attached hydrogens (tertiary/aromatic N) is 2. The molecule has 1 fully saturated rings. The van der Waals surface area contributed by atoms with E-state index in [2.05, 4.69) is 16.3 Å². The van der Waals surface area contributed by atoms with E-state index in [0.717, 1.165) is 6.54 Å². The molecule has 0 atom stereocenters. The van der Waals surface area contributed by atoms with Gasteiger partial charge in [-0.1, -0.05) is 30.4 Å². The maximum Gasteiger partial charge on any atom is 0.292 e. The topological polar surface area (TPSA) is 46.9 Å². The van der Waals surface area contributed by atoms with Crippen LogP contribution < -0.4 is 10.9 Å². The van der Waals surface area contributed by atoms with Crippen LogP contribution in [0.1, 0.15) is 25.7 Å². The molecule has 0 unspecified atom stereocenters. The molecule has 0 aliphatic heterocycles. The largest absolute Gasteiger partial charge is 0.379 e. The first-order chi connectivity index (χ1) is 8.72. The van der Waals surface area contributed by atoms with Crippen LogP contribution in [0, 0.1) is 18.3 Å². The standard InChI is InChI=1S/C13H16ClN3O/c1-2-7-17-13(18)12(11(14)9-16-17)15-8-10-5-3-4-6-10/h1,9-10,15H,3-8H2. The zero-order chi connectivity index (χ0) is 13.0. The molecule has 96 valence electrons. The minimum atomic E-state index is -0.251. The molecule has 0 saturated heterocycles. The fourth-order valence-electron chi connectivity index (χ4n) is 2.29. The number of rotatable bonds is 4. The molecule has 1 heterocycles. The van der Waals surface area contributed by atoms with Crippen LogP contribution in [0.2, 0.25) is 5.02 Å². The van der Waals surface area contributed by atoms with Crippen molar-refractivity contribution in [2.24, 2.45) is 5.92 Å². The van der Waals surface area contributed by atoms with Gasteiger partial charge < -0.3 is 5.32 Å². The maximum absolute atomic E-state index is 12.0. The normalized spacial score (nSPS) is 15.6. The SMILES string of the molecule is C#CCn1ncc(Cl)c(NCC2CCCC2)c1=O. The van der Waals surface area contributed by atoms with E-state index in [9.17, 15) is 4.79 Å².